The van der Waals surface area contributed by atoms with Crippen molar-refractivity contribution in [1.29, 1.82) is 0 Å². The number of ether oxygens (including phenoxy) is 1. The first-order valence-electron chi connectivity index (χ1n) is 7.92. The number of aromatic nitrogens is 2. The van der Waals surface area contributed by atoms with Gasteiger partial charge in [-0.2, -0.15) is 18.3 Å². The first-order chi connectivity index (χ1) is 13.7. The van der Waals surface area contributed by atoms with Crippen molar-refractivity contribution in [1.82, 2.24) is 10.2 Å². The minimum atomic E-state index is -4.95. The van der Waals surface area contributed by atoms with Crippen LogP contribution in [0.5, 0.6) is 0 Å². The highest BCUT2D eigenvalue weighted by Crippen LogP contribution is 2.37. The summed E-state index contributed by atoms with van der Waals surface area (Å²) in [7, 11) is 0. The van der Waals surface area contributed by atoms with Gasteiger partial charge in [0, 0.05) is 17.5 Å². The van der Waals surface area contributed by atoms with Gasteiger partial charge in [-0.15, -0.1) is 0 Å². The number of H-pyrrole nitrogens is 1. The van der Waals surface area contributed by atoms with Gasteiger partial charge in [0.05, 0.1) is 21.7 Å². The van der Waals surface area contributed by atoms with Gasteiger partial charge in [-0.25, -0.2) is 4.79 Å². The van der Waals surface area contributed by atoms with Crippen molar-refractivity contribution >= 4 is 34.2 Å². The van der Waals surface area contributed by atoms with Crippen LogP contribution >= 0.6 is 0 Å². The van der Waals surface area contributed by atoms with Gasteiger partial charge < -0.3 is 10.1 Å². The zero-order valence-corrected chi connectivity index (χ0v) is 14.3. The van der Waals surface area contributed by atoms with Crippen LogP contribution in [0, 0.1) is 10.1 Å². The van der Waals surface area contributed by atoms with Gasteiger partial charge >= 0.3 is 12.1 Å². The summed E-state index contributed by atoms with van der Waals surface area (Å²) in [6.45, 7) is -0.881. The predicted octanol–water partition coefficient (Wildman–Crippen LogP) is 3.29. The molecule has 0 saturated carbocycles. The van der Waals surface area contributed by atoms with Crippen molar-refractivity contribution in [2.24, 2.45) is 0 Å². The molecular formula is C17H11F3N4O5. The Kier molecular flexibility index (Phi) is 5.17. The highest BCUT2D eigenvalue weighted by Gasteiger charge is 2.35. The highest BCUT2D eigenvalue weighted by atomic mass is 19.4. The average Bonchev–Trinajstić information content (AvgIpc) is 3.09. The number of nitrogens with zero attached hydrogens (tertiary/aromatic N) is 2. The number of aromatic amines is 1. The summed E-state index contributed by atoms with van der Waals surface area (Å²) in [6, 6.07) is 8.51. The number of hydrogen-bond acceptors (Lipinski definition) is 6. The molecule has 0 bridgehead atoms. The summed E-state index contributed by atoms with van der Waals surface area (Å²) in [5.74, 6) is -2.00. The normalized spacial score (nSPS) is 11.3. The number of alkyl halides is 3. The summed E-state index contributed by atoms with van der Waals surface area (Å²) < 4.78 is 44.2. The van der Waals surface area contributed by atoms with E-state index in [9.17, 15) is 32.9 Å². The molecule has 0 aliphatic carbocycles. The minimum absolute atomic E-state index is 0.0836. The summed E-state index contributed by atoms with van der Waals surface area (Å²) in [6.07, 6.45) is -4.95. The number of para-hydroxylation sites is 1. The number of anilines is 1. The molecule has 0 aliphatic heterocycles. The summed E-state index contributed by atoms with van der Waals surface area (Å²) in [4.78, 5) is 33.7. The maximum absolute atomic E-state index is 13.1. The van der Waals surface area contributed by atoms with Gasteiger partial charge in [0.1, 0.15) is 0 Å². The Morgan fingerprint density at radius 3 is 2.62 bits per heavy atom. The van der Waals surface area contributed by atoms with E-state index < -0.39 is 46.5 Å². The Labute approximate surface area is 159 Å². The fourth-order valence-corrected chi connectivity index (χ4v) is 2.49. The molecule has 0 fully saturated rings. The van der Waals surface area contributed by atoms with Crippen molar-refractivity contribution in [2.45, 2.75) is 6.18 Å². The van der Waals surface area contributed by atoms with Crippen LogP contribution in [0.1, 0.15) is 16.1 Å². The topological polar surface area (TPSA) is 127 Å². The second kappa shape index (κ2) is 7.58. The molecule has 29 heavy (non-hydrogen) atoms. The number of fused-ring (bicyclic) bond motifs is 1. The Morgan fingerprint density at radius 1 is 1.21 bits per heavy atom. The lowest BCUT2D eigenvalue weighted by Gasteiger charge is -2.13. The second-order valence-corrected chi connectivity index (χ2v) is 5.73. The first kappa shape index (κ1) is 19.8. The van der Waals surface area contributed by atoms with Crippen molar-refractivity contribution in [3.63, 3.8) is 0 Å². The molecule has 150 valence electrons. The first-order valence-corrected chi connectivity index (χ1v) is 7.92. The molecule has 0 atom stereocenters. The maximum atomic E-state index is 13.1. The van der Waals surface area contributed by atoms with E-state index in [2.05, 4.69) is 10.2 Å². The summed E-state index contributed by atoms with van der Waals surface area (Å²) in [5, 5.41) is 19.5. The number of benzene rings is 2. The number of carbonyl (C=O) groups is 2. The molecule has 1 amide bonds. The zero-order chi connectivity index (χ0) is 21.2. The third-order valence-corrected chi connectivity index (χ3v) is 3.79. The van der Waals surface area contributed by atoms with E-state index in [1.165, 1.54) is 0 Å². The average molecular weight is 408 g/mol. The number of amides is 1. The van der Waals surface area contributed by atoms with Gasteiger partial charge in [-0.3, -0.25) is 20.0 Å². The minimum Gasteiger partial charge on any atom is -0.451 e. The number of nitrogens with one attached hydrogen (secondary N) is 2. The molecule has 2 N–H and O–H groups in total. The highest BCUT2D eigenvalue weighted by molar-refractivity contribution is 6.03. The monoisotopic (exact) mass is 408 g/mol. The van der Waals surface area contributed by atoms with E-state index in [4.69, 9.17) is 4.74 Å². The van der Waals surface area contributed by atoms with Crippen molar-refractivity contribution in [2.75, 3.05) is 11.9 Å². The number of carbonyl (C=O) groups excluding carboxylic acids is 2. The molecule has 3 aromatic rings. The fourth-order valence-electron chi connectivity index (χ4n) is 2.49. The third-order valence-electron chi connectivity index (χ3n) is 3.79. The Balaban J connectivity index is 1.71. The van der Waals surface area contributed by atoms with Gasteiger partial charge in [0.2, 0.25) is 0 Å². The van der Waals surface area contributed by atoms with E-state index >= 15 is 0 Å². The van der Waals surface area contributed by atoms with Gasteiger partial charge in [0.25, 0.3) is 11.6 Å². The Bertz CT molecular complexity index is 1110. The standard InChI is InChI=1S/C17H11F3N4O5/c18-17(19,20)11-7-9(24(27)28)5-6-13(11)21-14(25)8-29-16(26)15-10-3-1-2-4-12(10)22-23-15/h1-7H,8H2,(H,21,25)(H,22,23). The third kappa shape index (κ3) is 4.31. The number of halogens is 3. The molecule has 0 radical (unpaired) electrons. The molecule has 3 rings (SSSR count). The molecule has 1 aromatic heterocycles. The van der Waals surface area contributed by atoms with Crippen LogP contribution in [-0.2, 0) is 15.7 Å². The van der Waals surface area contributed by atoms with Gasteiger partial charge in [0.15, 0.2) is 12.3 Å². The molecule has 0 aliphatic rings. The lowest BCUT2D eigenvalue weighted by atomic mass is 10.1. The van der Waals surface area contributed by atoms with E-state index in [0.717, 1.165) is 12.1 Å². The van der Waals surface area contributed by atoms with Crippen LogP contribution < -0.4 is 5.32 Å². The number of nitro benzene ring substituents is 1. The molecular weight excluding hydrogens is 397 g/mol. The predicted molar refractivity (Wildman–Crippen MR) is 93.1 cm³/mol. The zero-order valence-electron chi connectivity index (χ0n) is 14.3. The van der Waals surface area contributed by atoms with Crippen molar-refractivity contribution < 1.29 is 32.4 Å². The van der Waals surface area contributed by atoms with Crippen LogP contribution in [0.25, 0.3) is 10.9 Å². The summed E-state index contributed by atoms with van der Waals surface area (Å²) >= 11 is 0. The fraction of sp³-hybridized carbons (Fsp3) is 0.118. The van der Waals surface area contributed by atoms with E-state index in [-0.39, 0.29) is 5.69 Å². The smallest absolute Gasteiger partial charge is 0.418 e. The number of non-ortho nitro benzene ring substituents is 1. The van der Waals surface area contributed by atoms with E-state index in [1.54, 1.807) is 24.3 Å². The lowest BCUT2D eigenvalue weighted by Crippen LogP contribution is -2.23. The SMILES string of the molecule is O=C(COC(=O)c1n[nH]c2ccccc12)Nc1ccc([N+](=O)[O-])cc1C(F)(F)F. The van der Waals surface area contributed by atoms with Crippen molar-refractivity contribution in [3.05, 3.63) is 63.8 Å². The summed E-state index contributed by atoms with van der Waals surface area (Å²) in [5.41, 5.74) is -2.41. The molecule has 1 heterocycles. The second-order valence-electron chi connectivity index (χ2n) is 5.73. The van der Waals surface area contributed by atoms with E-state index in [0.29, 0.717) is 17.0 Å². The van der Waals surface area contributed by atoms with Gasteiger partial charge in [-0.05, 0) is 12.1 Å². The Morgan fingerprint density at radius 2 is 1.93 bits per heavy atom. The number of esters is 1. The number of nitro groups is 1. The van der Waals surface area contributed by atoms with Gasteiger partial charge in [-0.1, -0.05) is 18.2 Å². The molecule has 12 heteroatoms. The molecule has 9 nitrogen and oxygen atoms in total. The maximum Gasteiger partial charge on any atom is 0.418 e. The molecule has 0 spiro atoms. The van der Waals surface area contributed by atoms with Crippen LogP contribution in [0.3, 0.4) is 0 Å². The molecule has 0 unspecified atom stereocenters. The largest absolute Gasteiger partial charge is 0.451 e. The quantitative estimate of drug-likeness (QED) is 0.379. The van der Waals surface area contributed by atoms with Crippen LogP contribution in [-0.4, -0.2) is 33.6 Å². The van der Waals surface area contributed by atoms with Crippen molar-refractivity contribution in [3.8, 4) is 0 Å². The molecule has 0 saturated heterocycles. The number of rotatable bonds is 5. The lowest BCUT2D eigenvalue weighted by molar-refractivity contribution is -0.385. The van der Waals surface area contributed by atoms with Crippen LogP contribution in [0.4, 0.5) is 24.5 Å². The van der Waals surface area contributed by atoms with Crippen LogP contribution in [0.15, 0.2) is 42.5 Å². The van der Waals surface area contributed by atoms with E-state index in [1.807, 2.05) is 5.32 Å². The van der Waals surface area contributed by atoms with Crippen LogP contribution in [0.2, 0.25) is 0 Å². The Hall–Kier alpha value is -3.96. The molecule has 2 aromatic carbocycles. The number of hydrogen-bond donors (Lipinski definition) is 2.